The minimum Gasteiger partial charge on any atom is -0.379 e. The standard InChI is InChI=1S/C9H5Cl2N5O/c10-3-1-5-6(2-4(3)11)14-9(13-5)7-8(12)16-17-15-7/h1-2H,(H2,12,16)(H,13,14). The van der Waals surface area contributed by atoms with Crippen molar-refractivity contribution in [3.63, 3.8) is 0 Å². The lowest BCUT2D eigenvalue weighted by atomic mass is 10.3. The third-order valence-electron chi connectivity index (χ3n) is 2.26. The normalized spacial score (nSPS) is 11.2. The van der Waals surface area contributed by atoms with Gasteiger partial charge in [0.2, 0.25) is 0 Å². The molecule has 17 heavy (non-hydrogen) atoms. The van der Waals surface area contributed by atoms with Crippen LogP contribution in [0.2, 0.25) is 10.0 Å². The maximum Gasteiger partial charge on any atom is 0.199 e. The van der Waals surface area contributed by atoms with Crippen molar-refractivity contribution in [1.82, 2.24) is 20.3 Å². The number of hydrogen-bond donors (Lipinski definition) is 2. The van der Waals surface area contributed by atoms with Crippen LogP contribution in [-0.4, -0.2) is 20.3 Å². The number of nitrogens with one attached hydrogen (secondary N) is 1. The predicted molar refractivity (Wildman–Crippen MR) is 63.8 cm³/mol. The first kappa shape index (κ1) is 10.4. The summed E-state index contributed by atoms with van der Waals surface area (Å²) in [5.74, 6) is 0.623. The Balaban J connectivity index is 2.24. The summed E-state index contributed by atoms with van der Waals surface area (Å²) in [5.41, 5.74) is 7.33. The van der Waals surface area contributed by atoms with Gasteiger partial charge in [0.15, 0.2) is 17.3 Å². The first-order chi connectivity index (χ1) is 8.15. The maximum absolute atomic E-state index is 5.90. The summed E-state index contributed by atoms with van der Waals surface area (Å²) >= 11 is 11.8. The van der Waals surface area contributed by atoms with E-state index < -0.39 is 0 Å². The predicted octanol–water partition coefficient (Wildman–Crippen LogP) is 2.50. The molecule has 6 nitrogen and oxygen atoms in total. The van der Waals surface area contributed by atoms with Crippen LogP contribution in [0.4, 0.5) is 5.82 Å². The number of aromatic nitrogens is 4. The van der Waals surface area contributed by atoms with Crippen molar-refractivity contribution >= 4 is 40.1 Å². The Morgan fingerprint density at radius 2 is 1.94 bits per heavy atom. The average molecular weight is 270 g/mol. The van der Waals surface area contributed by atoms with E-state index in [9.17, 15) is 0 Å². The molecule has 0 saturated carbocycles. The molecule has 2 heterocycles. The van der Waals surface area contributed by atoms with Crippen molar-refractivity contribution in [3.8, 4) is 11.5 Å². The van der Waals surface area contributed by atoms with Crippen LogP contribution in [0.25, 0.3) is 22.6 Å². The summed E-state index contributed by atoms with van der Waals surface area (Å²) in [5, 5.41) is 8.01. The van der Waals surface area contributed by atoms with E-state index in [0.29, 0.717) is 27.1 Å². The van der Waals surface area contributed by atoms with Crippen molar-refractivity contribution < 1.29 is 4.63 Å². The number of hydrogen-bond acceptors (Lipinski definition) is 5. The van der Waals surface area contributed by atoms with Crippen molar-refractivity contribution in [2.45, 2.75) is 0 Å². The van der Waals surface area contributed by atoms with Gasteiger partial charge in [-0.15, -0.1) is 0 Å². The Kier molecular flexibility index (Phi) is 2.20. The van der Waals surface area contributed by atoms with Crippen LogP contribution in [0.5, 0.6) is 0 Å². The fourth-order valence-corrected chi connectivity index (χ4v) is 1.80. The van der Waals surface area contributed by atoms with Gasteiger partial charge in [-0.1, -0.05) is 23.2 Å². The number of benzene rings is 1. The fourth-order valence-electron chi connectivity index (χ4n) is 1.48. The fraction of sp³-hybridized carbons (Fsp3) is 0. The molecular formula is C9H5Cl2N5O. The van der Waals surface area contributed by atoms with E-state index in [1.54, 1.807) is 12.1 Å². The molecule has 2 aromatic heterocycles. The van der Waals surface area contributed by atoms with Gasteiger partial charge in [-0.25, -0.2) is 9.61 Å². The van der Waals surface area contributed by atoms with E-state index in [0.717, 1.165) is 5.52 Å². The summed E-state index contributed by atoms with van der Waals surface area (Å²) in [6.45, 7) is 0. The topological polar surface area (TPSA) is 93.6 Å². The van der Waals surface area contributed by atoms with Gasteiger partial charge in [0, 0.05) is 0 Å². The molecule has 3 N–H and O–H groups in total. The third kappa shape index (κ3) is 1.62. The lowest BCUT2D eigenvalue weighted by Crippen LogP contribution is -1.89. The molecule has 0 aliphatic heterocycles. The highest BCUT2D eigenvalue weighted by Crippen LogP contribution is 2.29. The van der Waals surface area contributed by atoms with Crippen molar-refractivity contribution in [3.05, 3.63) is 22.2 Å². The molecule has 1 aromatic carbocycles. The molecule has 86 valence electrons. The van der Waals surface area contributed by atoms with Crippen LogP contribution >= 0.6 is 23.2 Å². The second-order valence-electron chi connectivity index (χ2n) is 3.37. The first-order valence-electron chi connectivity index (χ1n) is 4.58. The highest BCUT2D eigenvalue weighted by molar-refractivity contribution is 6.42. The maximum atomic E-state index is 5.90. The Morgan fingerprint density at radius 1 is 1.18 bits per heavy atom. The monoisotopic (exact) mass is 269 g/mol. The summed E-state index contributed by atoms with van der Waals surface area (Å²) in [6.07, 6.45) is 0. The summed E-state index contributed by atoms with van der Waals surface area (Å²) in [6, 6.07) is 3.34. The molecule has 3 rings (SSSR count). The first-order valence-corrected chi connectivity index (χ1v) is 5.34. The van der Waals surface area contributed by atoms with Crippen LogP contribution in [0.1, 0.15) is 0 Å². The average Bonchev–Trinajstić information content (AvgIpc) is 2.85. The van der Waals surface area contributed by atoms with E-state index in [1.165, 1.54) is 0 Å². The van der Waals surface area contributed by atoms with Crippen LogP contribution < -0.4 is 5.73 Å². The summed E-state index contributed by atoms with van der Waals surface area (Å²) < 4.78 is 4.51. The van der Waals surface area contributed by atoms with Crippen LogP contribution in [0.3, 0.4) is 0 Å². The molecule has 0 aliphatic carbocycles. The second kappa shape index (κ2) is 3.61. The number of H-pyrrole nitrogens is 1. The molecule has 0 saturated heterocycles. The number of anilines is 1. The van der Waals surface area contributed by atoms with E-state index in [4.69, 9.17) is 28.9 Å². The number of nitrogen functional groups attached to an aromatic ring is 1. The van der Waals surface area contributed by atoms with Crippen LogP contribution in [-0.2, 0) is 0 Å². The Morgan fingerprint density at radius 3 is 2.65 bits per heavy atom. The molecule has 0 spiro atoms. The SMILES string of the molecule is Nc1nonc1-c1nc2cc(Cl)c(Cl)cc2[nH]1. The lowest BCUT2D eigenvalue weighted by molar-refractivity contribution is 0.310. The number of fused-ring (bicyclic) bond motifs is 1. The Hall–Kier alpha value is -1.79. The zero-order valence-electron chi connectivity index (χ0n) is 8.24. The zero-order chi connectivity index (χ0) is 12.0. The molecule has 3 aromatic rings. The van der Waals surface area contributed by atoms with Crippen molar-refractivity contribution in [2.24, 2.45) is 0 Å². The molecule has 0 aliphatic rings. The number of imidazole rings is 1. The lowest BCUT2D eigenvalue weighted by Gasteiger charge is -1.93. The second-order valence-corrected chi connectivity index (χ2v) is 4.18. The smallest absolute Gasteiger partial charge is 0.199 e. The van der Waals surface area contributed by atoms with Gasteiger partial charge in [-0.2, -0.15) is 0 Å². The number of rotatable bonds is 1. The quantitative estimate of drug-likeness (QED) is 0.708. The van der Waals surface area contributed by atoms with Crippen LogP contribution in [0.15, 0.2) is 16.8 Å². The van der Waals surface area contributed by atoms with Crippen molar-refractivity contribution in [1.29, 1.82) is 0 Å². The number of nitrogens with zero attached hydrogens (tertiary/aromatic N) is 3. The van der Waals surface area contributed by atoms with Crippen molar-refractivity contribution in [2.75, 3.05) is 5.73 Å². The van der Waals surface area contributed by atoms with Gasteiger partial charge in [0.25, 0.3) is 0 Å². The largest absolute Gasteiger partial charge is 0.379 e. The van der Waals surface area contributed by atoms with E-state index >= 15 is 0 Å². The number of nitrogens with two attached hydrogens (primary N) is 1. The van der Waals surface area contributed by atoms with E-state index in [1.807, 2.05) is 0 Å². The molecular weight excluding hydrogens is 265 g/mol. The van der Waals surface area contributed by atoms with E-state index in [2.05, 4.69) is 24.9 Å². The molecule has 0 fully saturated rings. The minimum atomic E-state index is 0.168. The molecule has 0 unspecified atom stereocenters. The third-order valence-corrected chi connectivity index (χ3v) is 2.98. The van der Waals surface area contributed by atoms with Gasteiger partial charge < -0.3 is 10.7 Å². The molecule has 0 bridgehead atoms. The number of halogens is 2. The summed E-state index contributed by atoms with van der Waals surface area (Å²) in [4.78, 5) is 7.29. The van der Waals surface area contributed by atoms with Gasteiger partial charge in [-0.3, -0.25) is 0 Å². The highest BCUT2D eigenvalue weighted by Gasteiger charge is 2.14. The minimum absolute atomic E-state index is 0.168. The Labute approximate surface area is 105 Å². The molecule has 0 atom stereocenters. The number of aromatic amines is 1. The van der Waals surface area contributed by atoms with Crippen LogP contribution in [0, 0.1) is 0 Å². The summed E-state index contributed by atoms with van der Waals surface area (Å²) in [7, 11) is 0. The van der Waals surface area contributed by atoms with E-state index in [-0.39, 0.29) is 5.82 Å². The Bertz CT molecular complexity index is 666. The molecule has 0 amide bonds. The molecule has 0 radical (unpaired) electrons. The molecule has 8 heteroatoms. The van der Waals surface area contributed by atoms with Gasteiger partial charge in [-0.05, 0) is 22.4 Å². The van der Waals surface area contributed by atoms with Gasteiger partial charge in [0.05, 0.1) is 21.1 Å². The van der Waals surface area contributed by atoms with Gasteiger partial charge in [0.1, 0.15) is 0 Å². The zero-order valence-corrected chi connectivity index (χ0v) is 9.75. The highest BCUT2D eigenvalue weighted by atomic mass is 35.5. The van der Waals surface area contributed by atoms with Gasteiger partial charge >= 0.3 is 0 Å².